The average Bonchev–Trinajstić information content (AvgIpc) is 2.74. The molecule has 0 aromatic heterocycles. The molecule has 0 aliphatic carbocycles. The molecule has 5 nitrogen and oxygen atoms in total. The highest BCUT2D eigenvalue weighted by molar-refractivity contribution is 5.93. The van der Waals surface area contributed by atoms with Crippen molar-refractivity contribution in [2.75, 3.05) is 44.6 Å². The number of carbonyl (C=O) groups excluding carboxylic acids is 1. The fourth-order valence-corrected chi connectivity index (χ4v) is 3.62. The largest absolute Gasteiger partial charge is 0.488 e. The Morgan fingerprint density at radius 1 is 1.03 bits per heavy atom. The Morgan fingerprint density at radius 3 is 2.27 bits per heavy atom. The molecule has 3 rings (SSSR count). The summed E-state index contributed by atoms with van der Waals surface area (Å²) in [4.78, 5) is 15.2. The second-order valence-corrected chi connectivity index (χ2v) is 7.61. The zero-order valence-electron chi connectivity index (χ0n) is 17.0. The summed E-state index contributed by atoms with van der Waals surface area (Å²) >= 11 is 0. The summed E-state index contributed by atoms with van der Waals surface area (Å²) in [6.45, 7) is 7.05. The van der Waals surface area contributed by atoms with Gasteiger partial charge in [0.25, 0.3) is 5.91 Å². The minimum absolute atomic E-state index is 0.180. The van der Waals surface area contributed by atoms with Gasteiger partial charge in [-0.2, -0.15) is 13.2 Å². The van der Waals surface area contributed by atoms with Crippen LogP contribution in [0.1, 0.15) is 12.5 Å². The molecular formula is C22H28F3N3O2+2. The van der Waals surface area contributed by atoms with Crippen molar-refractivity contribution in [1.29, 1.82) is 0 Å². The van der Waals surface area contributed by atoms with Crippen molar-refractivity contribution in [1.82, 2.24) is 0 Å². The average molecular weight is 423 g/mol. The number of rotatable bonds is 7. The van der Waals surface area contributed by atoms with Crippen molar-refractivity contribution >= 4 is 11.6 Å². The number of amides is 1. The van der Waals surface area contributed by atoms with Gasteiger partial charge >= 0.3 is 6.18 Å². The summed E-state index contributed by atoms with van der Waals surface area (Å²) in [6.07, 6.45) is -4.38. The highest BCUT2D eigenvalue weighted by Gasteiger charge is 2.32. The number of ether oxygens (including phenoxy) is 1. The van der Waals surface area contributed by atoms with Crippen molar-refractivity contribution in [3.8, 4) is 5.75 Å². The van der Waals surface area contributed by atoms with Crippen molar-refractivity contribution < 1.29 is 32.5 Å². The maximum absolute atomic E-state index is 12.6. The standard InChI is InChI=1S/C22H26F3N3O2/c1-17(21(29)26-19-9-7-18(8-10-19)22(23,24)25)28-13-11-27(12-14-28)15-16-30-20-5-3-2-4-6-20/h2-10,17H,11-16H2,1H3,(H,26,29)/p+2/t17-/m0/s1. The summed E-state index contributed by atoms with van der Waals surface area (Å²) in [5, 5.41) is 2.73. The van der Waals surface area contributed by atoms with E-state index < -0.39 is 11.7 Å². The highest BCUT2D eigenvalue weighted by atomic mass is 19.4. The number of piperazine rings is 1. The Bertz CT molecular complexity index is 805. The van der Waals surface area contributed by atoms with Gasteiger partial charge in [-0.1, -0.05) is 18.2 Å². The topological polar surface area (TPSA) is 47.2 Å². The predicted molar refractivity (Wildman–Crippen MR) is 108 cm³/mol. The molecule has 0 unspecified atom stereocenters. The van der Waals surface area contributed by atoms with Crippen LogP contribution in [0.25, 0.3) is 0 Å². The predicted octanol–water partition coefficient (Wildman–Crippen LogP) is 0.895. The second-order valence-electron chi connectivity index (χ2n) is 7.61. The first-order valence-electron chi connectivity index (χ1n) is 10.2. The number of halogens is 3. The van der Waals surface area contributed by atoms with Crippen LogP contribution < -0.4 is 19.9 Å². The molecule has 162 valence electrons. The number of nitrogens with one attached hydrogen (secondary N) is 3. The van der Waals surface area contributed by atoms with Crippen LogP contribution in [0.3, 0.4) is 0 Å². The first-order valence-corrected chi connectivity index (χ1v) is 10.2. The third kappa shape index (κ3) is 6.21. The monoisotopic (exact) mass is 423 g/mol. The van der Waals surface area contributed by atoms with Crippen LogP contribution >= 0.6 is 0 Å². The fraction of sp³-hybridized carbons (Fsp3) is 0.409. The number of para-hydroxylation sites is 1. The van der Waals surface area contributed by atoms with Crippen LogP contribution in [-0.4, -0.2) is 51.3 Å². The molecule has 0 radical (unpaired) electrons. The van der Waals surface area contributed by atoms with E-state index in [1.807, 2.05) is 37.3 Å². The third-order valence-electron chi connectivity index (χ3n) is 5.55. The Morgan fingerprint density at radius 2 is 1.67 bits per heavy atom. The van der Waals surface area contributed by atoms with E-state index in [2.05, 4.69) is 5.32 Å². The number of alkyl halides is 3. The Labute approximate surface area is 174 Å². The van der Waals surface area contributed by atoms with E-state index in [1.54, 1.807) is 0 Å². The van der Waals surface area contributed by atoms with E-state index in [0.29, 0.717) is 12.3 Å². The van der Waals surface area contributed by atoms with Crippen molar-refractivity contribution in [2.45, 2.75) is 19.1 Å². The number of benzene rings is 2. The number of anilines is 1. The fourth-order valence-electron chi connectivity index (χ4n) is 3.62. The Kier molecular flexibility index (Phi) is 7.33. The smallest absolute Gasteiger partial charge is 0.416 e. The van der Waals surface area contributed by atoms with Crippen LogP contribution in [0, 0.1) is 0 Å². The molecule has 30 heavy (non-hydrogen) atoms. The molecule has 2 aromatic rings. The van der Waals surface area contributed by atoms with Crippen LogP contribution in [-0.2, 0) is 11.0 Å². The molecule has 2 aromatic carbocycles. The van der Waals surface area contributed by atoms with E-state index in [4.69, 9.17) is 4.74 Å². The lowest BCUT2D eigenvalue weighted by atomic mass is 10.2. The highest BCUT2D eigenvalue weighted by Crippen LogP contribution is 2.29. The Balaban J connectivity index is 1.40. The molecule has 1 aliphatic heterocycles. The minimum atomic E-state index is -4.38. The Hall–Kier alpha value is -2.58. The van der Waals surface area contributed by atoms with E-state index in [-0.39, 0.29) is 11.9 Å². The molecule has 0 saturated carbocycles. The summed E-state index contributed by atoms with van der Waals surface area (Å²) in [7, 11) is 0. The lowest BCUT2D eigenvalue weighted by Crippen LogP contribution is -3.30. The molecule has 1 fully saturated rings. The number of hydrogen-bond donors (Lipinski definition) is 3. The van der Waals surface area contributed by atoms with Crippen LogP contribution in [0.2, 0.25) is 0 Å². The molecule has 1 aliphatic rings. The molecule has 1 amide bonds. The quantitative estimate of drug-likeness (QED) is 0.620. The first-order chi connectivity index (χ1) is 14.3. The SMILES string of the molecule is C[C@@H](C(=O)Nc1ccc(C(F)(F)F)cc1)[NH+]1CC[NH+](CCOc2ccccc2)CC1. The van der Waals surface area contributed by atoms with Gasteiger partial charge in [0.05, 0.1) is 5.56 Å². The maximum Gasteiger partial charge on any atom is 0.416 e. The zero-order chi connectivity index (χ0) is 21.6. The molecular weight excluding hydrogens is 395 g/mol. The molecule has 0 spiro atoms. The number of carbonyl (C=O) groups is 1. The van der Waals surface area contributed by atoms with Gasteiger partial charge in [-0.05, 0) is 43.3 Å². The molecule has 8 heteroatoms. The summed E-state index contributed by atoms with van der Waals surface area (Å²) in [5.41, 5.74) is -0.351. The zero-order valence-corrected chi connectivity index (χ0v) is 17.0. The van der Waals surface area contributed by atoms with Gasteiger partial charge in [0.1, 0.15) is 45.1 Å². The van der Waals surface area contributed by atoms with E-state index in [1.165, 1.54) is 21.9 Å². The van der Waals surface area contributed by atoms with Crippen molar-refractivity contribution in [2.24, 2.45) is 0 Å². The number of hydrogen-bond acceptors (Lipinski definition) is 2. The van der Waals surface area contributed by atoms with Gasteiger partial charge < -0.3 is 19.9 Å². The summed E-state index contributed by atoms with van der Waals surface area (Å²) < 4.78 is 43.7. The van der Waals surface area contributed by atoms with E-state index in [9.17, 15) is 18.0 Å². The number of quaternary nitrogens is 2. The molecule has 1 heterocycles. The van der Waals surface area contributed by atoms with Gasteiger partial charge in [-0.25, -0.2) is 0 Å². The molecule has 1 saturated heterocycles. The maximum atomic E-state index is 12.6. The van der Waals surface area contributed by atoms with E-state index in [0.717, 1.165) is 50.6 Å². The van der Waals surface area contributed by atoms with Crippen LogP contribution in [0.4, 0.5) is 18.9 Å². The molecule has 0 bridgehead atoms. The normalized spacial score (nSPS) is 20.4. The lowest BCUT2D eigenvalue weighted by Gasteiger charge is -2.32. The van der Waals surface area contributed by atoms with Crippen molar-refractivity contribution in [3.63, 3.8) is 0 Å². The van der Waals surface area contributed by atoms with Crippen LogP contribution in [0.15, 0.2) is 54.6 Å². The minimum Gasteiger partial charge on any atom is -0.488 e. The molecule has 3 N–H and O–H groups in total. The van der Waals surface area contributed by atoms with Gasteiger partial charge in [0.2, 0.25) is 0 Å². The van der Waals surface area contributed by atoms with Crippen molar-refractivity contribution in [3.05, 3.63) is 60.2 Å². The summed E-state index contributed by atoms with van der Waals surface area (Å²) in [5.74, 6) is 0.690. The summed E-state index contributed by atoms with van der Waals surface area (Å²) in [6, 6.07) is 14.0. The second kappa shape index (κ2) is 9.95. The molecule has 1 atom stereocenters. The third-order valence-corrected chi connectivity index (χ3v) is 5.55. The van der Waals surface area contributed by atoms with Crippen LogP contribution in [0.5, 0.6) is 5.75 Å². The first kappa shape index (κ1) is 22.1. The van der Waals surface area contributed by atoms with Gasteiger partial charge in [0, 0.05) is 5.69 Å². The van der Waals surface area contributed by atoms with Gasteiger partial charge in [0.15, 0.2) is 6.04 Å². The van der Waals surface area contributed by atoms with E-state index >= 15 is 0 Å². The van der Waals surface area contributed by atoms with Gasteiger partial charge in [-0.15, -0.1) is 0 Å². The van der Waals surface area contributed by atoms with Gasteiger partial charge in [-0.3, -0.25) is 4.79 Å². The lowest BCUT2D eigenvalue weighted by molar-refractivity contribution is -1.02.